The molecule has 116 valence electrons. The summed E-state index contributed by atoms with van der Waals surface area (Å²) in [5.74, 6) is 0. The number of nitro groups is 2. The lowest BCUT2D eigenvalue weighted by atomic mass is 10.2. The molecule has 0 amide bonds. The molecule has 11 heteroatoms. The van der Waals surface area contributed by atoms with Crippen LogP contribution in [0.15, 0.2) is 18.2 Å². The van der Waals surface area contributed by atoms with Crippen molar-refractivity contribution in [2.24, 2.45) is 0 Å². The summed E-state index contributed by atoms with van der Waals surface area (Å²) in [5.41, 5.74) is -1.31. The van der Waals surface area contributed by atoms with Crippen molar-refractivity contribution >= 4 is 17.1 Å². The van der Waals surface area contributed by atoms with E-state index in [0.29, 0.717) is 6.07 Å². The SMILES string of the molecule is O=[N+]([O-])c1ccc(NCC[C@H](O)C(F)(F)F)c([N+](=O)[O-])c1. The van der Waals surface area contributed by atoms with Gasteiger partial charge in [-0.2, -0.15) is 13.2 Å². The zero-order valence-electron chi connectivity index (χ0n) is 10.3. The fraction of sp³-hybridized carbons (Fsp3) is 0.400. The van der Waals surface area contributed by atoms with E-state index >= 15 is 0 Å². The second kappa shape index (κ2) is 6.35. The maximum Gasteiger partial charge on any atom is 0.414 e. The first kappa shape index (κ1) is 16.6. The number of benzene rings is 1. The molecule has 0 heterocycles. The van der Waals surface area contributed by atoms with Crippen LogP contribution in [0.2, 0.25) is 0 Å². The molecule has 0 saturated carbocycles. The van der Waals surface area contributed by atoms with Crippen LogP contribution in [-0.2, 0) is 0 Å². The minimum absolute atomic E-state index is 0.167. The van der Waals surface area contributed by atoms with E-state index in [1.54, 1.807) is 0 Å². The molecule has 0 bridgehead atoms. The van der Waals surface area contributed by atoms with Crippen molar-refractivity contribution in [1.29, 1.82) is 0 Å². The largest absolute Gasteiger partial charge is 0.414 e. The van der Waals surface area contributed by atoms with Gasteiger partial charge in [-0.25, -0.2) is 0 Å². The monoisotopic (exact) mass is 309 g/mol. The quantitative estimate of drug-likeness (QED) is 0.614. The maximum atomic E-state index is 12.1. The van der Waals surface area contributed by atoms with Crippen molar-refractivity contribution < 1.29 is 28.1 Å². The fourth-order valence-corrected chi connectivity index (χ4v) is 1.44. The summed E-state index contributed by atoms with van der Waals surface area (Å²) in [6.07, 6.45) is -8.04. The van der Waals surface area contributed by atoms with Crippen molar-refractivity contribution in [3.8, 4) is 0 Å². The Kier molecular flexibility index (Phi) is 5.02. The minimum Gasteiger partial charge on any atom is -0.384 e. The number of hydrogen-bond acceptors (Lipinski definition) is 6. The van der Waals surface area contributed by atoms with E-state index in [1.165, 1.54) is 0 Å². The van der Waals surface area contributed by atoms with Gasteiger partial charge in [-0.3, -0.25) is 20.2 Å². The number of aliphatic hydroxyl groups excluding tert-OH is 1. The van der Waals surface area contributed by atoms with Gasteiger partial charge in [0.2, 0.25) is 0 Å². The topological polar surface area (TPSA) is 119 Å². The molecule has 0 saturated heterocycles. The number of anilines is 1. The van der Waals surface area contributed by atoms with Gasteiger partial charge in [0.1, 0.15) is 5.69 Å². The second-order valence-electron chi connectivity index (χ2n) is 3.99. The smallest absolute Gasteiger partial charge is 0.384 e. The van der Waals surface area contributed by atoms with E-state index in [9.17, 15) is 33.4 Å². The van der Waals surface area contributed by atoms with Crippen molar-refractivity contribution in [2.45, 2.75) is 18.7 Å². The van der Waals surface area contributed by atoms with Crippen LogP contribution >= 0.6 is 0 Å². The number of nitrogens with one attached hydrogen (secondary N) is 1. The van der Waals surface area contributed by atoms with E-state index < -0.39 is 39.9 Å². The van der Waals surface area contributed by atoms with Gasteiger partial charge >= 0.3 is 6.18 Å². The van der Waals surface area contributed by atoms with Crippen LogP contribution in [0, 0.1) is 20.2 Å². The molecule has 1 aromatic rings. The molecule has 1 rings (SSSR count). The zero-order valence-corrected chi connectivity index (χ0v) is 10.3. The van der Waals surface area contributed by atoms with Gasteiger partial charge in [0.25, 0.3) is 11.4 Å². The Hall–Kier alpha value is -2.43. The van der Waals surface area contributed by atoms with Crippen molar-refractivity contribution in [3.63, 3.8) is 0 Å². The highest BCUT2D eigenvalue weighted by atomic mass is 19.4. The van der Waals surface area contributed by atoms with Crippen LogP contribution < -0.4 is 5.32 Å². The number of nitro benzene ring substituents is 2. The number of aliphatic hydroxyl groups is 1. The van der Waals surface area contributed by atoms with Gasteiger partial charge in [-0.1, -0.05) is 0 Å². The molecule has 0 fully saturated rings. The normalized spacial score (nSPS) is 12.8. The van der Waals surface area contributed by atoms with Crippen LogP contribution in [0.4, 0.5) is 30.2 Å². The molecule has 0 aliphatic carbocycles. The molecule has 1 aromatic carbocycles. The van der Waals surface area contributed by atoms with E-state index in [1.807, 2.05) is 0 Å². The number of halogens is 3. The average Bonchev–Trinajstić information content (AvgIpc) is 2.37. The van der Waals surface area contributed by atoms with Crippen molar-refractivity contribution in [2.75, 3.05) is 11.9 Å². The molecular weight excluding hydrogens is 299 g/mol. The van der Waals surface area contributed by atoms with E-state index in [-0.39, 0.29) is 12.2 Å². The number of non-ortho nitro benzene ring substituents is 1. The summed E-state index contributed by atoms with van der Waals surface area (Å²) >= 11 is 0. The molecule has 8 nitrogen and oxygen atoms in total. The third kappa shape index (κ3) is 4.56. The summed E-state index contributed by atoms with van der Waals surface area (Å²) < 4.78 is 36.2. The van der Waals surface area contributed by atoms with Gasteiger partial charge < -0.3 is 10.4 Å². The summed E-state index contributed by atoms with van der Waals surface area (Å²) in [6, 6.07) is 2.70. The predicted molar refractivity (Wildman–Crippen MR) is 64.9 cm³/mol. The highest BCUT2D eigenvalue weighted by molar-refractivity contribution is 5.65. The predicted octanol–water partition coefficient (Wildman–Crippen LogP) is 2.23. The number of rotatable bonds is 6. The Morgan fingerprint density at radius 1 is 1.24 bits per heavy atom. The van der Waals surface area contributed by atoms with Crippen LogP contribution in [-0.4, -0.2) is 33.8 Å². The summed E-state index contributed by atoms with van der Waals surface area (Å²) in [4.78, 5) is 19.5. The average molecular weight is 309 g/mol. The van der Waals surface area contributed by atoms with Crippen molar-refractivity contribution in [3.05, 3.63) is 38.4 Å². The Balaban J connectivity index is 2.80. The third-order valence-electron chi connectivity index (χ3n) is 2.50. The van der Waals surface area contributed by atoms with Gasteiger partial charge in [0, 0.05) is 12.6 Å². The first-order valence-electron chi connectivity index (χ1n) is 5.54. The van der Waals surface area contributed by atoms with Gasteiger partial charge in [0.05, 0.1) is 15.9 Å². The van der Waals surface area contributed by atoms with Gasteiger partial charge in [-0.05, 0) is 12.5 Å². The van der Waals surface area contributed by atoms with Crippen LogP contribution in [0.1, 0.15) is 6.42 Å². The number of alkyl halides is 3. The summed E-state index contributed by atoms with van der Waals surface area (Å²) in [7, 11) is 0. The molecule has 0 aromatic heterocycles. The fourth-order valence-electron chi connectivity index (χ4n) is 1.44. The van der Waals surface area contributed by atoms with Crippen LogP contribution in [0.25, 0.3) is 0 Å². The van der Waals surface area contributed by atoms with E-state index in [4.69, 9.17) is 5.11 Å². The number of nitrogens with zero attached hydrogens (tertiary/aromatic N) is 2. The Morgan fingerprint density at radius 2 is 1.86 bits per heavy atom. The second-order valence-corrected chi connectivity index (χ2v) is 3.99. The minimum atomic E-state index is -4.77. The highest BCUT2D eigenvalue weighted by Crippen LogP contribution is 2.29. The molecule has 2 N–H and O–H groups in total. The highest BCUT2D eigenvalue weighted by Gasteiger charge is 2.37. The molecule has 0 radical (unpaired) electrons. The summed E-state index contributed by atoms with van der Waals surface area (Å²) in [5, 5.41) is 32.4. The molecule has 0 unspecified atom stereocenters. The molecule has 0 aliphatic rings. The first-order valence-corrected chi connectivity index (χ1v) is 5.54. The van der Waals surface area contributed by atoms with E-state index in [2.05, 4.69) is 5.32 Å². The van der Waals surface area contributed by atoms with Gasteiger partial charge in [-0.15, -0.1) is 0 Å². The Morgan fingerprint density at radius 3 is 2.33 bits per heavy atom. The van der Waals surface area contributed by atoms with Gasteiger partial charge in [0.15, 0.2) is 6.10 Å². The molecule has 21 heavy (non-hydrogen) atoms. The Bertz CT molecular complexity index is 549. The van der Waals surface area contributed by atoms with Crippen molar-refractivity contribution in [1.82, 2.24) is 0 Å². The third-order valence-corrected chi connectivity index (χ3v) is 2.50. The molecular formula is C10H10F3N3O5. The standard InChI is InChI=1S/C10H10F3N3O5/c11-10(12,13)9(17)3-4-14-7-2-1-6(15(18)19)5-8(7)16(20)21/h1-2,5,9,14,17H,3-4H2/t9-/m0/s1. The molecule has 1 atom stereocenters. The zero-order chi connectivity index (χ0) is 16.2. The Labute approximate surface area is 115 Å². The molecule has 0 aliphatic heterocycles. The lowest BCUT2D eigenvalue weighted by Crippen LogP contribution is -2.30. The van der Waals surface area contributed by atoms with Crippen LogP contribution in [0.5, 0.6) is 0 Å². The lowest BCUT2D eigenvalue weighted by molar-refractivity contribution is -0.393. The lowest BCUT2D eigenvalue weighted by Gasteiger charge is -2.14. The van der Waals surface area contributed by atoms with E-state index in [0.717, 1.165) is 12.1 Å². The maximum absolute atomic E-state index is 12.1. The molecule has 0 spiro atoms. The number of hydrogen-bond donors (Lipinski definition) is 2. The summed E-state index contributed by atoms with van der Waals surface area (Å²) in [6.45, 7) is -0.390. The van der Waals surface area contributed by atoms with Crippen LogP contribution in [0.3, 0.4) is 0 Å². The first-order chi connectivity index (χ1) is 9.62.